The van der Waals surface area contributed by atoms with Crippen LogP contribution in [0.15, 0.2) is 28.7 Å². The van der Waals surface area contributed by atoms with Crippen molar-refractivity contribution in [3.63, 3.8) is 0 Å². The third-order valence-corrected chi connectivity index (χ3v) is 4.95. The number of halogens is 1. The van der Waals surface area contributed by atoms with Crippen molar-refractivity contribution >= 4 is 33.6 Å². The van der Waals surface area contributed by atoms with Crippen LogP contribution in [-0.4, -0.2) is 35.1 Å². The molecule has 2 rings (SSSR count). The maximum Gasteiger partial charge on any atom is 0.321 e. The van der Waals surface area contributed by atoms with Gasteiger partial charge in [0.2, 0.25) is 0 Å². The number of urea groups is 1. The van der Waals surface area contributed by atoms with E-state index in [0.29, 0.717) is 38.0 Å². The lowest BCUT2D eigenvalue weighted by atomic mass is 9.76. The lowest BCUT2D eigenvalue weighted by Crippen LogP contribution is -2.47. The van der Waals surface area contributed by atoms with Crippen LogP contribution in [0.5, 0.6) is 0 Å². The molecular formula is C15H19BrN2O3. The van der Waals surface area contributed by atoms with E-state index in [2.05, 4.69) is 21.2 Å². The van der Waals surface area contributed by atoms with E-state index in [9.17, 15) is 14.7 Å². The van der Waals surface area contributed by atoms with Crippen molar-refractivity contribution in [3.8, 4) is 0 Å². The number of piperidine rings is 1. The van der Waals surface area contributed by atoms with Gasteiger partial charge in [0.05, 0.1) is 11.1 Å². The molecule has 6 heteroatoms. The first-order valence-corrected chi connectivity index (χ1v) is 7.82. The summed E-state index contributed by atoms with van der Waals surface area (Å²) in [5, 5.41) is 12.2. The highest BCUT2D eigenvalue weighted by molar-refractivity contribution is 9.10. The average Bonchev–Trinajstić information content (AvgIpc) is 2.49. The van der Waals surface area contributed by atoms with E-state index in [1.165, 1.54) is 0 Å². The van der Waals surface area contributed by atoms with Gasteiger partial charge < -0.3 is 15.3 Å². The van der Waals surface area contributed by atoms with Crippen LogP contribution in [0.25, 0.3) is 0 Å². The molecule has 1 aromatic carbocycles. The predicted molar refractivity (Wildman–Crippen MR) is 84.3 cm³/mol. The molecule has 0 radical (unpaired) electrons. The molecule has 21 heavy (non-hydrogen) atoms. The maximum atomic E-state index is 12.2. The van der Waals surface area contributed by atoms with Gasteiger partial charge in [0.25, 0.3) is 0 Å². The lowest BCUT2D eigenvalue weighted by molar-refractivity contribution is -0.151. The number of likely N-dealkylation sites (tertiary alicyclic amines) is 1. The van der Waals surface area contributed by atoms with Gasteiger partial charge in [-0.1, -0.05) is 19.1 Å². The number of para-hydroxylation sites is 1. The predicted octanol–water partition coefficient (Wildman–Crippen LogP) is 3.56. The second-order valence-corrected chi connectivity index (χ2v) is 6.19. The second-order valence-electron chi connectivity index (χ2n) is 5.34. The van der Waals surface area contributed by atoms with Crippen molar-refractivity contribution in [1.29, 1.82) is 0 Å². The van der Waals surface area contributed by atoms with Gasteiger partial charge in [-0.15, -0.1) is 0 Å². The van der Waals surface area contributed by atoms with Gasteiger partial charge in [-0.3, -0.25) is 4.79 Å². The first-order valence-electron chi connectivity index (χ1n) is 7.02. The molecule has 0 aliphatic carbocycles. The molecule has 114 valence electrons. The zero-order valence-corrected chi connectivity index (χ0v) is 13.5. The molecule has 0 spiro atoms. The molecule has 1 fully saturated rings. The van der Waals surface area contributed by atoms with Gasteiger partial charge in [-0.2, -0.15) is 0 Å². The lowest BCUT2D eigenvalue weighted by Gasteiger charge is -2.38. The standard InChI is InChI=1S/C15H19BrN2O3/c1-2-15(13(19)20)7-9-18(10-8-15)14(21)17-12-6-4-3-5-11(12)16/h3-6H,2,7-10H2,1H3,(H,17,21)(H,19,20). The van der Waals surface area contributed by atoms with Gasteiger partial charge in [-0.25, -0.2) is 4.79 Å². The van der Waals surface area contributed by atoms with Gasteiger partial charge in [0, 0.05) is 17.6 Å². The SMILES string of the molecule is CCC1(C(=O)O)CCN(C(=O)Nc2ccccc2Br)CC1. The summed E-state index contributed by atoms with van der Waals surface area (Å²) in [5.74, 6) is -0.754. The molecule has 0 atom stereocenters. The van der Waals surface area contributed by atoms with E-state index in [0.717, 1.165) is 4.47 Å². The summed E-state index contributed by atoms with van der Waals surface area (Å²) in [5.41, 5.74) is 0.0393. The smallest absolute Gasteiger partial charge is 0.321 e. The Hall–Kier alpha value is -1.56. The molecule has 1 aliphatic rings. The molecule has 1 aliphatic heterocycles. The maximum absolute atomic E-state index is 12.2. The Morgan fingerprint density at radius 2 is 1.95 bits per heavy atom. The van der Waals surface area contributed by atoms with Crippen molar-refractivity contribution in [2.75, 3.05) is 18.4 Å². The quantitative estimate of drug-likeness (QED) is 0.871. The van der Waals surface area contributed by atoms with Crippen LogP contribution < -0.4 is 5.32 Å². The Morgan fingerprint density at radius 1 is 1.33 bits per heavy atom. The highest BCUT2D eigenvalue weighted by atomic mass is 79.9. The first kappa shape index (κ1) is 15.8. The van der Waals surface area contributed by atoms with Crippen molar-refractivity contribution in [2.45, 2.75) is 26.2 Å². The number of carboxylic acid groups (broad SMARTS) is 1. The number of hydrogen-bond acceptors (Lipinski definition) is 2. The molecule has 1 heterocycles. The summed E-state index contributed by atoms with van der Waals surface area (Å²) in [6.07, 6.45) is 1.60. The minimum Gasteiger partial charge on any atom is -0.481 e. The van der Waals surface area contributed by atoms with E-state index < -0.39 is 11.4 Å². The third-order valence-electron chi connectivity index (χ3n) is 4.25. The molecule has 0 unspecified atom stereocenters. The van der Waals surface area contributed by atoms with Crippen molar-refractivity contribution in [2.24, 2.45) is 5.41 Å². The second kappa shape index (κ2) is 6.47. The molecule has 2 amide bonds. The molecule has 5 nitrogen and oxygen atoms in total. The van der Waals surface area contributed by atoms with Crippen LogP contribution in [-0.2, 0) is 4.79 Å². The molecule has 0 bridgehead atoms. The van der Waals surface area contributed by atoms with E-state index in [4.69, 9.17) is 0 Å². The van der Waals surface area contributed by atoms with Crippen LogP contribution >= 0.6 is 15.9 Å². The number of carbonyl (C=O) groups is 2. The highest BCUT2D eigenvalue weighted by Gasteiger charge is 2.40. The molecule has 2 N–H and O–H groups in total. The summed E-state index contributed by atoms with van der Waals surface area (Å²) < 4.78 is 0.823. The van der Waals surface area contributed by atoms with Gasteiger partial charge in [0.1, 0.15) is 0 Å². The summed E-state index contributed by atoms with van der Waals surface area (Å²) in [6.45, 7) is 2.83. The van der Waals surface area contributed by atoms with Crippen molar-refractivity contribution in [1.82, 2.24) is 4.90 Å². The number of nitrogens with zero attached hydrogens (tertiary/aromatic N) is 1. The minimum absolute atomic E-state index is 0.183. The average molecular weight is 355 g/mol. The molecule has 0 aromatic heterocycles. The number of nitrogens with one attached hydrogen (secondary N) is 1. The number of hydrogen-bond donors (Lipinski definition) is 2. The van der Waals surface area contributed by atoms with E-state index in [1.54, 1.807) is 4.90 Å². The summed E-state index contributed by atoms with van der Waals surface area (Å²) >= 11 is 3.39. The van der Waals surface area contributed by atoms with Crippen LogP contribution in [0, 0.1) is 5.41 Å². The van der Waals surface area contributed by atoms with Crippen LogP contribution in [0.2, 0.25) is 0 Å². The number of rotatable bonds is 3. The Morgan fingerprint density at radius 3 is 2.48 bits per heavy atom. The van der Waals surface area contributed by atoms with Gasteiger partial charge in [0.15, 0.2) is 0 Å². The Labute approximate surface area is 132 Å². The molecule has 1 saturated heterocycles. The summed E-state index contributed by atoms with van der Waals surface area (Å²) in [4.78, 5) is 25.3. The Bertz CT molecular complexity index is 539. The largest absolute Gasteiger partial charge is 0.481 e. The number of benzene rings is 1. The Balaban J connectivity index is 1.98. The number of carbonyl (C=O) groups excluding carboxylic acids is 1. The monoisotopic (exact) mass is 354 g/mol. The van der Waals surface area contributed by atoms with Crippen molar-refractivity contribution < 1.29 is 14.7 Å². The molecular weight excluding hydrogens is 336 g/mol. The summed E-state index contributed by atoms with van der Waals surface area (Å²) in [6, 6.07) is 7.22. The fourth-order valence-electron chi connectivity index (χ4n) is 2.61. The van der Waals surface area contributed by atoms with Crippen LogP contribution in [0.3, 0.4) is 0 Å². The minimum atomic E-state index is -0.754. The van der Waals surface area contributed by atoms with E-state index >= 15 is 0 Å². The van der Waals surface area contributed by atoms with E-state index in [-0.39, 0.29) is 6.03 Å². The van der Waals surface area contributed by atoms with Gasteiger partial charge in [-0.05, 0) is 47.3 Å². The van der Waals surface area contributed by atoms with Gasteiger partial charge >= 0.3 is 12.0 Å². The normalized spacial score (nSPS) is 17.3. The molecule has 0 saturated carbocycles. The first-order chi connectivity index (χ1) is 9.98. The number of amides is 2. The number of anilines is 1. The Kier molecular flexibility index (Phi) is 4.88. The zero-order chi connectivity index (χ0) is 15.5. The van der Waals surface area contributed by atoms with Crippen LogP contribution in [0.4, 0.5) is 10.5 Å². The van der Waals surface area contributed by atoms with Crippen LogP contribution in [0.1, 0.15) is 26.2 Å². The van der Waals surface area contributed by atoms with E-state index in [1.807, 2.05) is 31.2 Å². The highest BCUT2D eigenvalue weighted by Crippen LogP contribution is 2.35. The number of aliphatic carboxylic acids is 1. The zero-order valence-electron chi connectivity index (χ0n) is 11.9. The van der Waals surface area contributed by atoms with Crippen molar-refractivity contribution in [3.05, 3.63) is 28.7 Å². The fraction of sp³-hybridized carbons (Fsp3) is 0.467. The third kappa shape index (κ3) is 3.37. The fourth-order valence-corrected chi connectivity index (χ4v) is 3.00. The molecule has 1 aromatic rings. The topological polar surface area (TPSA) is 69.6 Å². The summed E-state index contributed by atoms with van der Waals surface area (Å²) in [7, 11) is 0. The number of carboxylic acids is 1.